The van der Waals surface area contributed by atoms with Crippen LogP contribution in [0.15, 0.2) is 18.6 Å². The van der Waals surface area contributed by atoms with E-state index in [1.165, 1.54) is 0 Å². The van der Waals surface area contributed by atoms with Crippen molar-refractivity contribution in [1.82, 2.24) is 19.9 Å². The molecule has 0 atom stereocenters. The maximum absolute atomic E-state index is 4.70. The van der Waals surface area contributed by atoms with Crippen molar-refractivity contribution in [3.05, 3.63) is 27.9 Å². The number of nitrogens with zero attached hydrogens (tertiary/aromatic N) is 4. The highest BCUT2D eigenvalue weighted by Crippen LogP contribution is 2.31. The number of hydrogen-bond donors (Lipinski definition) is 1. The maximum Gasteiger partial charge on any atom is 0.182 e. The third kappa shape index (κ3) is 3.23. The van der Waals surface area contributed by atoms with Gasteiger partial charge in [-0.3, -0.25) is 4.98 Å². The van der Waals surface area contributed by atoms with Gasteiger partial charge >= 0.3 is 0 Å². The highest BCUT2D eigenvalue weighted by atomic mass is 127. The van der Waals surface area contributed by atoms with Gasteiger partial charge in [0.05, 0.1) is 15.5 Å². The van der Waals surface area contributed by atoms with Crippen LogP contribution in [0.3, 0.4) is 0 Å². The molecule has 2 heterocycles. The minimum atomic E-state index is -0.0550. The van der Waals surface area contributed by atoms with Crippen LogP contribution >= 0.6 is 22.6 Å². The molecule has 106 valence electrons. The summed E-state index contributed by atoms with van der Waals surface area (Å²) >= 11 is 2.30. The molecule has 2 rings (SSSR count). The molecule has 0 bridgehead atoms. The van der Waals surface area contributed by atoms with Crippen LogP contribution in [0.1, 0.15) is 33.4 Å². The van der Waals surface area contributed by atoms with Crippen molar-refractivity contribution < 1.29 is 0 Å². The van der Waals surface area contributed by atoms with E-state index in [2.05, 4.69) is 70.6 Å². The summed E-state index contributed by atoms with van der Waals surface area (Å²) in [6.45, 7) is 9.31. The summed E-state index contributed by atoms with van der Waals surface area (Å²) in [5.41, 5.74) is 1.65. The Kier molecular flexibility index (Phi) is 4.52. The minimum absolute atomic E-state index is 0.0550. The topological polar surface area (TPSA) is 63.6 Å². The summed E-state index contributed by atoms with van der Waals surface area (Å²) < 4.78 is 1.06. The number of halogens is 1. The summed E-state index contributed by atoms with van der Waals surface area (Å²) in [4.78, 5) is 17.6. The molecule has 0 amide bonds. The molecule has 2 aromatic heterocycles. The van der Waals surface area contributed by atoms with E-state index < -0.39 is 0 Å². The molecule has 0 saturated carbocycles. The van der Waals surface area contributed by atoms with Crippen molar-refractivity contribution in [2.24, 2.45) is 0 Å². The van der Waals surface area contributed by atoms with Gasteiger partial charge in [0.15, 0.2) is 5.82 Å². The standard InChI is InChI=1S/C14H18IN5/c1-5-17-13-10(15)11(14(2,3)4)19-12(20-13)9-8-16-6-7-18-9/h6-8H,5H2,1-4H3,(H,17,19,20). The molecule has 0 aliphatic rings. The van der Waals surface area contributed by atoms with Crippen molar-refractivity contribution in [2.75, 3.05) is 11.9 Å². The van der Waals surface area contributed by atoms with Gasteiger partial charge in [0.25, 0.3) is 0 Å². The Labute approximate surface area is 132 Å². The second-order valence-corrected chi connectivity index (χ2v) is 6.51. The third-order valence-electron chi connectivity index (χ3n) is 2.70. The summed E-state index contributed by atoms with van der Waals surface area (Å²) in [6.07, 6.45) is 4.98. The molecule has 0 spiro atoms. The summed E-state index contributed by atoms with van der Waals surface area (Å²) in [5.74, 6) is 1.47. The van der Waals surface area contributed by atoms with Crippen LogP contribution in [0.4, 0.5) is 5.82 Å². The third-order valence-corrected chi connectivity index (χ3v) is 3.72. The monoisotopic (exact) mass is 383 g/mol. The van der Waals surface area contributed by atoms with Gasteiger partial charge in [0, 0.05) is 24.4 Å². The van der Waals surface area contributed by atoms with Gasteiger partial charge in [-0.15, -0.1) is 0 Å². The van der Waals surface area contributed by atoms with E-state index in [9.17, 15) is 0 Å². The summed E-state index contributed by atoms with van der Waals surface area (Å²) in [6, 6.07) is 0. The Hall–Kier alpha value is -1.31. The lowest BCUT2D eigenvalue weighted by Crippen LogP contribution is -2.19. The number of rotatable bonds is 3. The summed E-state index contributed by atoms with van der Waals surface area (Å²) in [5, 5.41) is 3.29. The van der Waals surface area contributed by atoms with Crippen LogP contribution in [0.2, 0.25) is 0 Å². The fourth-order valence-corrected chi connectivity index (χ4v) is 3.00. The quantitative estimate of drug-likeness (QED) is 0.825. The lowest BCUT2D eigenvalue weighted by atomic mass is 9.92. The van der Waals surface area contributed by atoms with Crippen LogP contribution in [0.25, 0.3) is 11.5 Å². The van der Waals surface area contributed by atoms with Crippen molar-refractivity contribution >= 4 is 28.4 Å². The van der Waals surface area contributed by atoms with E-state index in [0.29, 0.717) is 11.5 Å². The molecule has 0 aromatic carbocycles. The average molecular weight is 383 g/mol. The molecule has 0 aliphatic carbocycles. The second kappa shape index (κ2) is 5.99. The van der Waals surface area contributed by atoms with Crippen molar-refractivity contribution in [1.29, 1.82) is 0 Å². The average Bonchev–Trinajstić information content (AvgIpc) is 2.41. The molecule has 5 nitrogen and oxygen atoms in total. The molecule has 0 aliphatic heterocycles. The molecule has 0 saturated heterocycles. The van der Waals surface area contributed by atoms with Crippen LogP contribution < -0.4 is 5.32 Å². The van der Waals surface area contributed by atoms with E-state index in [-0.39, 0.29) is 5.41 Å². The van der Waals surface area contributed by atoms with Crippen LogP contribution in [-0.4, -0.2) is 26.5 Å². The Morgan fingerprint density at radius 1 is 1.20 bits per heavy atom. The van der Waals surface area contributed by atoms with E-state index in [4.69, 9.17) is 4.98 Å². The van der Waals surface area contributed by atoms with Gasteiger partial charge in [-0.2, -0.15) is 0 Å². The molecular weight excluding hydrogens is 365 g/mol. The first-order valence-electron chi connectivity index (χ1n) is 6.51. The highest BCUT2D eigenvalue weighted by Gasteiger charge is 2.23. The molecule has 0 radical (unpaired) electrons. The van der Waals surface area contributed by atoms with Gasteiger partial charge in [0.2, 0.25) is 0 Å². The fourth-order valence-electron chi connectivity index (χ4n) is 1.76. The van der Waals surface area contributed by atoms with Gasteiger partial charge in [-0.25, -0.2) is 15.0 Å². The van der Waals surface area contributed by atoms with Crippen LogP contribution in [-0.2, 0) is 5.41 Å². The summed E-state index contributed by atoms with van der Waals surface area (Å²) in [7, 11) is 0. The van der Waals surface area contributed by atoms with Gasteiger partial charge < -0.3 is 5.32 Å². The van der Waals surface area contributed by atoms with Crippen molar-refractivity contribution in [3.8, 4) is 11.5 Å². The van der Waals surface area contributed by atoms with E-state index in [1.54, 1.807) is 18.6 Å². The molecular formula is C14H18IN5. The Bertz CT molecular complexity index is 593. The molecule has 0 fully saturated rings. The fraction of sp³-hybridized carbons (Fsp3) is 0.429. The van der Waals surface area contributed by atoms with Gasteiger partial charge in [-0.05, 0) is 29.5 Å². The lowest BCUT2D eigenvalue weighted by Gasteiger charge is -2.21. The number of aromatic nitrogens is 4. The first-order valence-corrected chi connectivity index (χ1v) is 7.59. The minimum Gasteiger partial charge on any atom is -0.369 e. The molecule has 2 aromatic rings. The predicted molar refractivity (Wildman–Crippen MR) is 88.6 cm³/mol. The van der Waals surface area contributed by atoms with Crippen molar-refractivity contribution in [3.63, 3.8) is 0 Å². The molecule has 20 heavy (non-hydrogen) atoms. The first-order chi connectivity index (χ1) is 9.43. The Balaban J connectivity index is 2.62. The van der Waals surface area contributed by atoms with E-state index in [1.807, 2.05) is 0 Å². The van der Waals surface area contributed by atoms with E-state index >= 15 is 0 Å². The van der Waals surface area contributed by atoms with Gasteiger partial charge in [-0.1, -0.05) is 20.8 Å². The van der Waals surface area contributed by atoms with Crippen LogP contribution in [0.5, 0.6) is 0 Å². The predicted octanol–water partition coefficient (Wildman–Crippen LogP) is 3.27. The van der Waals surface area contributed by atoms with Crippen molar-refractivity contribution in [2.45, 2.75) is 33.1 Å². The van der Waals surface area contributed by atoms with Gasteiger partial charge in [0.1, 0.15) is 11.5 Å². The van der Waals surface area contributed by atoms with E-state index in [0.717, 1.165) is 21.6 Å². The highest BCUT2D eigenvalue weighted by molar-refractivity contribution is 14.1. The SMILES string of the molecule is CCNc1nc(-c2cnccn2)nc(C(C)(C)C)c1I. The molecule has 1 N–H and O–H groups in total. The zero-order valence-corrected chi connectivity index (χ0v) is 14.3. The smallest absolute Gasteiger partial charge is 0.182 e. The largest absolute Gasteiger partial charge is 0.369 e. The number of hydrogen-bond acceptors (Lipinski definition) is 5. The Morgan fingerprint density at radius 3 is 2.50 bits per heavy atom. The van der Waals surface area contributed by atoms with Crippen LogP contribution in [0, 0.1) is 3.57 Å². The first kappa shape index (κ1) is 15.1. The molecule has 0 unspecified atom stereocenters. The zero-order valence-electron chi connectivity index (χ0n) is 12.1. The zero-order chi connectivity index (χ0) is 14.8. The number of anilines is 1. The second-order valence-electron chi connectivity index (χ2n) is 5.43. The number of nitrogens with one attached hydrogen (secondary N) is 1. The normalized spacial score (nSPS) is 11.4. The molecule has 6 heteroatoms. The Morgan fingerprint density at radius 2 is 1.95 bits per heavy atom. The maximum atomic E-state index is 4.70. The lowest BCUT2D eigenvalue weighted by molar-refractivity contribution is 0.564.